The minimum atomic E-state index is -0.350. The Morgan fingerprint density at radius 1 is 1.10 bits per heavy atom. The number of hydrazone groups is 1. The van der Waals surface area contributed by atoms with Crippen LogP contribution in [0.15, 0.2) is 53.6 Å². The number of amides is 2. The molecule has 0 radical (unpaired) electrons. The average molecular weight is 428 g/mol. The van der Waals surface area contributed by atoms with Crippen LogP contribution in [0.1, 0.15) is 36.8 Å². The lowest BCUT2D eigenvalue weighted by atomic mass is 10.2. The fraction of sp³-hybridized carbons (Fsp3) is 0.318. The van der Waals surface area contributed by atoms with Crippen molar-refractivity contribution in [3.63, 3.8) is 0 Å². The first-order chi connectivity index (χ1) is 14.4. The van der Waals surface area contributed by atoms with Crippen molar-refractivity contribution in [1.82, 2.24) is 10.3 Å². The van der Waals surface area contributed by atoms with Crippen LogP contribution in [0.25, 0.3) is 0 Å². The molecule has 1 N–H and O–H groups in total. The smallest absolute Gasteiger partial charge is 0.241 e. The van der Waals surface area contributed by atoms with Gasteiger partial charge in [0.15, 0.2) is 5.17 Å². The highest BCUT2D eigenvalue weighted by molar-refractivity contribution is 8.14. The Kier molecular flexibility index (Phi) is 7.35. The predicted octanol–water partition coefficient (Wildman–Crippen LogP) is 3.84. The van der Waals surface area contributed by atoms with E-state index in [1.165, 1.54) is 30.6 Å². The summed E-state index contributed by atoms with van der Waals surface area (Å²) in [4.78, 5) is 23.3. The lowest BCUT2D eigenvalue weighted by molar-refractivity contribution is -0.129. The molecule has 0 spiro atoms. The summed E-state index contributed by atoms with van der Waals surface area (Å²) in [5.41, 5.74) is 1.98. The topological polar surface area (TPSA) is 80.2 Å². The fourth-order valence-corrected chi connectivity index (χ4v) is 4.01. The number of nitrogens with one attached hydrogen (secondary N) is 1. The van der Waals surface area contributed by atoms with Gasteiger partial charge < -0.3 is 14.8 Å². The Morgan fingerprint density at radius 3 is 2.60 bits per heavy atom. The number of benzene rings is 2. The second kappa shape index (κ2) is 10.2. The number of carbonyl (C=O) groups excluding carboxylic acids is 2. The second-order valence-corrected chi connectivity index (χ2v) is 7.88. The number of hydrogen-bond donors (Lipinski definition) is 1. The Bertz CT molecular complexity index is 947. The maximum atomic E-state index is 12.0. The number of thioether (sulfide) groups is 1. The Labute approximate surface area is 180 Å². The number of carbonyl (C=O) groups is 2. The van der Waals surface area contributed by atoms with Crippen molar-refractivity contribution in [2.24, 2.45) is 5.10 Å². The zero-order valence-corrected chi connectivity index (χ0v) is 18.1. The van der Waals surface area contributed by atoms with Gasteiger partial charge in [-0.15, -0.1) is 5.10 Å². The maximum absolute atomic E-state index is 12.0. The molecule has 0 saturated heterocycles. The van der Waals surface area contributed by atoms with E-state index in [9.17, 15) is 9.59 Å². The van der Waals surface area contributed by atoms with Crippen molar-refractivity contribution in [2.75, 3.05) is 13.2 Å². The van der Waals surface area contributed by atoms with Crippen molar-refractivity contribution in [3.8, 4) is 11.5 Å². The molecule has 0 aliphatic carbocycles. The summed E-state index contributed by atoms with van der Waals surface area (Å²) in [6.45, 7) is 5.95. The van der Waals surface area contributed by atoms with Crippen LogP contribution in [0.2, 0.25) is 0 Å². The van der Waals surface area contributed by atoms with E-state index in [0.29, 0.717) is 24.1 Å². The van der Waals surface area contributed by atoms with Crippen LogP contribution in [0, 0.1) is 6.92 Å². The molecule has 1 aliphatic rings. The Balaban J connectivity index is 1.55. The number of amidine groups is 1. The molecule has 2 aromatic carbocycles. The highest BCUT2D eigenvalue weighted by atomic mass is 32.2. The number of para-hydroxylation sites is 1. The van der Waals surface area contributed by atoms with Gasteiger partial charge in [0.1, 0.15) is 16.9 Å². The number of nitrogens with zero attached hydrogens (tertiary/aromatic N) is 2. The molecule has 1 aliphatic heterocycles. The molecular formula is C22H25N3O4S. The number of rotatable bonds is 7. The van der Waals surface area contributed by atoms with Crippen molar-refractivity contribution < 1.29 is 19.1 Å². The average Bonchev–Trinajstić information content (AvgIpc) is 3.13. The standard InChI is InChI=1S/C22H25N3O4S/c1-15-8-4-5-11-20(15)29-13-7-12-28-19-10-6-9-18(14-19)21-25(17(3)27)24-22(30-21)23-16(2)26/h4-6,8-11,14,21H,7,12-13H2,1-3H3,(H,23,24,26)/t21-/m0/s1. The SMILES string of the molecule is CC(=O)NC1=NN(C(C)=O)[C@H](c2cccc(OCCCOc3ccccc3C)c2)S1. The van der Waals surface area contributed by atoms with E-state index >= 15 is 0 Å². The van der Waals surface area contributed by atoms with Crippen molar-refractivity contribution in [3.05, 3.63) is 59.7 Å². The number of hydrogen-bond acceptors (Lipinski definition) is 6. The number of ether oxygens (including phenoxy) is 2. The van der Waals surface area contributed by atoms with Crippen LogP contribution < -0.4 is 14.8 Å². The zero-order valence-electron chi connectivity index (χ0n) is 17.3. The van der Waals surface area contributed by atoms with E-state index in [1.54, 1.807) is 0 Å². The van der Waals surface area contributed by atoms with E-state index in [-0.39, 0.29) is 17.2 Å². The zero-order chi connectivity index (χ0) is 21.5. The highest BCUT2D eigenvalue weighted by Gasteiger charge is 2.32. The lowest BCUT2D eigenvalue weighted by Gasteiger charge is -2.19. The van der Waals surface area contributed by atoms with E-state index in [0.717, 1.165) is 23.3 Å². The first kappa shape index (κ1) is 21.7. The first-order valence-corrected chi connectivity index (χ1v) is 10.6. The molecule has 158 valence electrons. The van der Waals surface area contributed by atoms with Gasteiger partial charge in [-0.1, -0.05) is 42.1 Å². The third kappa shape index (κ3) is 5.76. The lowest BCUT2D eigenvalue weighted by Crippen LogP contribution is -2.25. The molecule has 1 heterocycles. The molecule has 0 unspecified atom stereocenters. The first-order valence-electron chi connectivity index (χ1n) is 9.68. The van der Waals surface area contributed by atoms with Crippen LogP contribution in [0.4, 0.5) is 0 Å². The minimum absolute atomic E-state index is 0.201. The molecule has 30 heavy (non-hydrogen) atoms. The van der Waals surface area contributed by atoms with Gasteiger partial charge in [-0.05, 0) is 36.2 Å². The molecule has 0 fully saturated rings. The van der Waals surface area contributed by atoms with Crippen LogP contribution in [0.3, 0.4) is 0 Å². The predicted molar refractivity (Wildman–Crippen MR) is 117 cm³/mol. The summed E-state index contributed by atoms with van der Waals surface area (Å²) in [5.74, 6) is 1.17. The van der Waals surface area contributed by atoms with Gasteiger partial charge in [-0.2, -0.15) is 0 Å². The molecular weight excluding hydrogens is 402 g/mol. The third-order valence-electron chi connectivity index (χ3n) is 4.30. The molecule has 3 rings (SSSR count). The summed E-state index contributed by atoms with van der Waals surface area (Å²) in [6, 6.07) is 15.5. The molecule has 7 nitrogen and oxygen atoms in total. The summed E-state index contributed by atoms with van der Waals surface area (Å²) >= 11 is 1.32. The van der Waals surface area contributed by atoms with E-state index in [1.807, 2.05) is 55.5 Å². The number of aryl methyl sites for hydroxylation is 1. The van der Waals surface area contributed by atoms with E-state index in [4.69, 9.17) is 9.47 Å². The van der Waals surface area contributed by atoms with Crippen LogP contribution in [0.5, 0.6) is 11.5 Å². The van der Waals surface area contributed by atoms with Crippen LogP contribution >= 0.6 is 11.8 Å². The monoisotopic (exact) mass is 427 g/mol. The van der Waals surface area contributed by atoms with Crippen molar-refractivity contribution in [2.45, 2.75) is 32.6 Å². The molecule has 1 atom stereocenters. The molecule has 8 heteroatoms. The van der Waals surface area contributed by atoms with Gasteiger partial charge in [-0.25, -0.2) is 5.01 Å². The summed E-state index contributed by atoms with van der Waals surface area (Å²) in [5, 5.41) is 8.27. The van der Waals surface area contributed by atoms with Gasteiger partial charge in [0, 0.05) is 20.3 Å². The van der Waals surface area contributed by atoms with E-state index in [2.05, 4.69) is 10.4 Å². The minimum Gasteiger partial charge on any atom is -0.493 e. The summed E-state index contributed by atoms with van der Waals surface area (Å²) < 4.78 is 11.6. The van der Waals surface area contributed by atoms with Crippen LogP contribution in [-0.4, -0.2) is 35.2 Å². The van der Waals surface area contributed by atoms with Gasteiger partial charge in [0.25, 0.3) is 0 Å². The Hall–Kier alpha value is -3.00. The third-order valence-corrected chi connectivity index (χ3v) is 5.40. The molecule has 0 saturated carbocycles. The highest BCUT2D eigenvalue weighted by Crippen LogP contribution is 2.39. The molecule has 0 bridgehead atoms. The fourth-order valence-electron chi connectivity index (χ4n) is 2.89. The van der Waals surface area contributed by atoms with Crippen molar-refractivity contribution >= 4 is 28.7 Å². The van der Waals surface area contributed by atoms with E-state index < -0.39 is 0 Å². The van der Waals surface area contributed by atoms with Gasteiger partial charge >= 0.3 is 0 Å². The quantitative estimate of drug-likeness (QED) is 0.679. The van der Waals surface area contributed by atoms with Gasteiger partial charge in [-0.3, -0.25) is 9.59 Å². The molecule has 2 aromatic rings. The van der Waals surface area contributed by atoms with Crippen LogP contribution in [-0.2, 0) is 9.59 Å². The van der Waals surface area contributed by atoms with Gasteiger partial charge in [0.05, 0.1) is 13.2 Å². The summed E-state index contributed by atoms with van der Waals surface area (Å²) in [7, 11) is 0. The van der Waals surface area contributed by atoms with Gasteiger partial charge in [0.2, 0.25) is 11.8 Å². The van der Waals surface area contributed by atoms with Crippen molar-refractivity contribution in [1.29, 1.82) is 0 Å². The molecule has 0 aromatic heterocycles. The molecule has 2 amide bonds. The maximum Gasteiger partial charge on any atom is 0.241 e. The normalized spacial score (nSPS) is 15.5. The second-order valence-electron chi connectivity index (χ2n) is 6.81. The largest absolute Gasteiger partial charge is 0.493 e. The summed E-state index contributed by atoms with van der Waals surface area (Å²) in [6.07, 6.45) is 0.742. The Morgan fingerprint density at radius 2 is 1.87 bits per heavy atom.